The minimum absolute atomic E-state index is 0.199. The lowest BCUT2D eigenvalue weighted by molar-refractivity contribution is -0.112. The number of hydrogen-bond donors (Lipinski definition) is 1. The van der Waals surface area contributed by atoms with E-state index in [4.69, 9.17) is 9.47 Å². The molecule has 0 radical (unpaired) electrons. The fourth-order valence-electron chi connectivity index (χ4n) is 2.33. The van der Waals surface area contributed by atoms with Crippen molar-refractivity contribution in [3.63, 3.8) is 0 Å². The first-order valence-corrected chi connectivity index (χ1v) is 7.92. The Bertz CT molecular complexity index is 791. The highest BCUT2D eigenvalue weighted by Gasteiger charge is 2.11. The zero-order valence-corrected chi connectivity index (χ0v) is 14.9. The predicted octanol–water partition coefficient (Wildman–Crippen LogP) is 3.33. The van der Waals surface area contributed by atoms with Gasteiger partial charge < -0.3 is 14.8 Å². The monoisotopic (exact) mass is 341 g/mol. The molecular formula is C19H23N3O3. The third-order valence-corrected chi connectivity index (χ3v) is 3.60. The van der Waals surface area contributed by atoms with Crippen LogP contribution in [0.25, 0.3) is 0 Å². The van der Waals surface area contributed by atoms with Gasteiger partial charge in [0, 0.05) is 11.6 Å². The van der Waals surface area contributed by atoms with Crippen LogP contribution in [0.2, 0.25) is 0 Å². The molecule has 2 aromatic rings. The minimum Gasteiger partial charge on any atom is -0.493 e. The lowest BCUT2D eigenvalue weighted by Gasteiger charge is -2.12. The molecule has 2 rings (SSSR count). The zero-order valence-electron chi connectivity index (χ0n) is 14.9. The van der Waals surface area contributed by atoms with Gasteiger partial charge in [0.1, 0.15) is 5.82 Å². The first kappa shape index (κ1) is 18.3. The molecule has 0 aliphatic carbocycles. The summed E-state index contributed by atoms with van der Waals surface area (Å²) in [5, 5.41) is 7.22. The highest BCUT2D eigenvalue weighted by atomic mass is 16.5. The van der Waals surface area contributed by atoms with E-state index in [9.17, 15) is 4.79 Å². The Morgan fingerprint density at radius 2 is 2.00 bits per heavy atom. The van der Waals surface area contributed by atoms with Crippen molar-refractivity contribution in [2.45, 2.75) is 20.4 Å². The van der Waals surface area contributed by atoms with Crippen LogP contribution in [0.3, 0.4) is 0 Å². The molecule has 6 heteroatoms. The number of aromatic nitrogens is 2. The summed E-state index contributed by atoms with van der Waals surface area (Å²) >= 11 is 0. The van der Waals surface area contributed by atoms with Gasteiger partial charge in [-0.3, -0.25) is 4.79 Å². The van der Waals surface area contributed by atoms with Crippen molar-refractivity contribution < 1.29 is 14.3 Å². The van der Waals surface area contributed by atoms with Crippen molar-refractivity contribution in [3.8, 4) is 11.5 Å². The van der Waals surface area contributed by atoms with Crippen LogP contribution >= 0.6 is 0 Å². The van der Waals surface area contributed by atoms with Crippen molar-refractivity contribution in [2.75, 3.05) is 19.5 Å². The fraction of sp³-hybridized carbons (Fsp3) is 0.263. The number of anilines is 1. The third-order valence-electron chi connectivity index (χ3n) is 3.60. The second-order valence-electron chi connectivity index (χ2n) is 5.40. The van der Waals surface area contributed by atoms with Gasteiger partial charge in [0.05, 0.1) is 27.0 Å². The summed E-state index contributed by atoms with van der Waals surface area (Å²) < 4.78 is 12.3. The van der Waals surface area contributed by atoms with E-state index in [1.807, 2.05) is 38.1 Å². The highest BCUT2D eigenvalue weighted by Crippen LogP contribution is 2.28. The van der Waals surface area contributed by atoms with Crippen molar-refractivity contribution in [1.29, 1.82) is 0 Å². The normalized spacial score (nSPS) is 11.2. The maximum Gasteiger partial charge on any atom is 0.249 e. The van der Waals surface area contributed by atoms with Crippen molar-refractivity contribution in [1.82, 2.24) is 9.78 Å². The van der Waals surface area contributed by atoms with Gasteiger partial charge in [0.25, 0.3) is 0 Å². The third kappa shape index (κ3) is 4.73. The molecule has 1 heterocycles. The van der Waals surface area contributed by atoms with E-state index in [0.29, 0.717) is 23.9 Å². The van der Waals surface area contributed by atoms with E-state index in [0.717, 1.165) is 11.1 Å². The molecule has 25 heavy (non-hydrogen) atoms. The molecule has 0 bridgehead atoms. The lowest BCUT2D eigenvalue weighted by atomic mass is 10.2. The molecular weight excluding hydrogens is 318 g/mol. The van der Waals surface area contributed by atoms with E-state index in [2.05, 4.69) is 10.4 Å². The molecule has 6 nitrogen and oxygen atoms in total. The molecule has 1 N–H and O–H groups in total. The van der Waals surface area contributed by atoms with Crippen LogP contribution in [-0.4, -0.2) is 29.9 Å². The Hall–Kier alpha value is -3.02. The average molecular weight is 341 g/mol. The molecule has 1 aromatic heterocycles. The summed E-state index contributed by atoms with van der Waals surface area (Å²) in [5.74, 6) is 1.80. The van der Waals surface area contributed by atoms with Crippen molar-refractivity contribution in [2.24, 2.45) is 0 Å². The molecule has 0 saturated heterocycles. The largest absolute Gasteiger partial charge is 0.493 e. The Morgan fingerprint density at radius 3 is 2.68 bits per heavy atom. The molecule has 132 valence electrons. The number of nitrogens with one attached hydrogen (secondary N) is 1. The summed E-state index contributed by atoms with van der Waals surface area (Å²) in [6.07, 6.45) is 8.56. The summed E-state index contributed by atoms with van der Waals surface area (Å²) in [4.78, 5) is 12.0. The molecule has 0 spiro atoms. The number of aryl methyl sites for hydroxylation is 1. The van der Waals surface area contributed by atoms with Crippen molar-refractivity contribution in [3.05, 3.63) is 59.8 Å². The number of methoxy groups -OCH3 is 2. The summed E-state index contributed by atoms with van der Waals surface area (Å²) in [6.45, 7) is 4.30. The van der Waals surface area contributed by atoms with Crippen LogP contribution < -0.4 is 14.8 Å². The molecule has 0 saturated carbocycles. The number of amides is 1. The summed E-state index contributed by atoms with van der Waals surface area (Å²) in [7, 11) is 3.20. The Labute approximate surface area is 147 Å². The maximum absolute atomic E-state index is 12.0. The lowest BCUT2D eigenvalue weighted by Crippen LogP contribution is -2.14. The quantitative estimate of drug-likeness (QED) is 0.620. The number of ether oxygens (including phenoxy) is 2. The Kier molecular flexibility index (Phi) is 6.39. The van der Waals surface area contributed by atoms with Gasteiger partial charge in [-0.1, -0.05) is 24.3 Å². The smallest absolute Gasteiger partial charge is 0.249 e. The van der Waals surface area contributed by atoms with Gasteiger partial charge in [-0.2, -0.15) is 5.10 Å². The van der Waals surface area contributed by atoms with Gasteiger partial charge >= 0.3 is 0 Å². The first-order chi connectivity index (χ1) is 12.1. The molecule has 1 aromatic carbocycles. The Balaban J connectivity index is 2.20. The molecule has 0 aliphatic heterocycles. The van der Waals surface area contributed by atoms with Gasteiger partial charge in [-0.05, 0) is 31.5 Å². The van der Waals surface area contributed by atoms with Gasteiger partial charge in [0.15, 0.2) is 11.5 Å². The number of benzene rings is 1. The van der Waals surface area contributed by atoms with Crippen LogP contribution in [-0.2, 0) is 11.3 Å². The molecule has 1 amide bonds. The van der Waals surface area contributed by atoms with E-state index in [-0.39, 0.29) is 5.91 Å². The van der Waals surface area contributed by atoms with Gasteiger partial charge in [-0.15, -0.1) is 0 Å². The standard InChI is InChI=1S/C19H23N3O3/c1-5-6-7-8-18(23)21-19-14(2)12-20-22(19)13-15-9-10-16(24-3)17(11-15)25-4/h5-12H,13H2,1-4H3,(H,21,23)/b6-5+,8-7+. The number of carbonyl (C=O) groups is 1. The molecule has 0 fully saturated rings. The number of nitrogens with zero attached hydrogens (tertiary/aromatic N) is 2. The molecule has 0 aliphatic rings. The maximum atomic E-state index is 12.0. The SMILES string of the molecule is C/C=C/C=C/C(=O)Nc1c(C)cnn1Cc1ccc(OC)c(OC)c1. The predicted molar refractivity (Wildman–Crippen MR) is 98.2 cm³/mol. The number of hydrogen-bond acceptors (Lipinski definition) is 4. The fourth-order valence-corrected chi connectivity index (χ4v) is 2.33. The highest BCUT2D eigenvalue weighted by molar-refractivity contribution is 5.99. The van der Waals surface area contributed by atoms with Crippen LogP contribution in [0.5, 0.6) is 11.5 Å². The summed E-state index contributed by atoms with van der Waals surface area (Å²) in [6, 6.07) is 5.69. The first-order valence-electron chi connectivity index (χ1n) is 7.92. The van der Waals surface area contributed by atoms with E-state index in [1.54, 1.807) is 37.3 Å². The van der Waals surface area contributed by atoms with Gasteiger partial charge in [-0.25, -0.2) is 4.68 Å². The molecule has 0 unspecified atom stereocenters. The van der Waals surface area contributed by atoms with Crippen LogP contribution in [0.4, 0.5) is 5.82 Å². The van der Waals surface area contributed by atoms with Gasteiger partial charge in [0.2, 0.25) is 5.91 Å². The number of allylic oxidation sites excluding steroid dienone is 3. The minimum atomic E-state index is -0.199. The van der Waals surface area contributed by atoms with E-state index >= 15 is 0 Å². The van der Waals surface area contributed by atoms with E-state index < -0.39 is 0 Å². The van der Waals surface area contributed by atoms with Crippen molar-refractivity contribution >= 4 is 11.7 Å². The second-order valence-corrected chi connectivity index (χ2v) is 5.40. The summed E-state index contributed by atoms with van der Waals surface area (Å²) in [5.41, 5.74) is 1.88. The zero-order chi connectivity index (χ0) is 18.2. The second kappa shape index (κ2) is 8.73. The van der Waals surface area contributed by atoms with Crippen LogP contribution in [0, 0.1) is 6.92 Å². The topological polar surface area (TPSA) is 65.4 Å². The Morgan fingerprint density at radius 1 is 1.24 bits per heavy atom. The molecule has 0 atom stereocenters. The number of carbonyl (C=O) groups excluding carboxylic acids is 1. The van der Waals surface area contributed by atoms with E-state index in [1.165, 1.54) is 6.08 Å². The average Bonchev–Trinajstić information content (AvgIpc) is 2.95. The number of rotatable bonds is 7. The van der Waals surface area contributed by atoms with Crippen LogP contribution in [0.1, 0.15) is 18.1 Å². The van der Waals surface area contributed by atoms with Crippen LogP contribution in [0.15, 0.2) is 48.7 Å².